The minimum Gasteiger partial charge on any atom is -0.480 e. The molecule has 0 bridgehead atoms. The summed E-state index contributed by atoms with van der Waals surface area (Å²) in [6.07, 6.45) is 4.37. The maximum absolute atomic E-state index is 12.5. The van der Waals surface area contributed by atoms with Gasteiger partial charge in [0.05, 0.1) is 5.52 Å². The Kier molecular flexibility index (Phi) is 5.07. The lowest BCUT2D eigenvalue weighted by Gasteiger charge is -2.19. The van der Waals surface area contributed by atoms with Gasteiger partial charge in [0.15, 0.2) is 10.9 Å². The van der Waals surface area contributed by atoms with E-state index < -0.39 is 17.9 Å². The molecule has 0 saturated carbocycles. The smallest absolute Gasteiger partial charge is 0.326 e. The third-order valence-corrected chi connectivity index (χ3v) is 4.33. The number of carboxylic acids is 1. The number of fused-ring (bicyclic) bond motifs is 1. The van der Waals surface area contributed by atoms with Gasteiger partial charge in [-0.1, -0.05) is 38.1 Å². The van der Waals surface area contributed by atoms with Crippen molar-refractivity contribution in [2.24, 2.45) is 5.92 Å². The molecule has 0 radical (unpaired) electrons. The van der Waals surface area contributed by atoms with E-state index in [1.807, 2.05) is 35.9 Å². The Hall–Kier alpha value is -2.02. The van der Waals surface area contributed by atoms with Crippen LogP contribution in [0.1, 0.15) is 30.8 Å². The maximum Gasteiger partial charge on any atom is 0.326 e. The fourth-order valence-electron chi connectivity index (χ4n) is 2.21. The van der Waals surface area contributed by atoms with Gasteiger partial charge >= 0.3 is 5.97 Å². The predicted molar refractivity (Wildman–Crippen MR) is 85.3 cm³/mol. The third-order valence-electron chi connectivity index (χ3n) is 3.68. The first-order valence-corrected chi connectivity index (χ1v) is 8.26. The zero-order valence-corrected chi connectivity index (χ0v) is 13.6. The number of nitrogens with zero attached hydrogens (tertiary/aromatic N) is 2. The lowest BCUT2D eigenvalue weighted by molar-refractivity contribution is -0.140. The fourth-order valence-corrected chi connectivity index (χ4v) is 2.75. The minimum absolute atomic E-state index is 0.157. The lowest BCUT2D eigenvalue weighted by atomic mass is 9.99. The second-order valence-corrected chi connectivity index (χ2v) is 5.85. The van der Waals surface area contributed by atoms with Gasteiger partial charge in [0.25, 0.3) is 5.91 Å². The number of thioether (sulfide) groups is 1. The molecule has 0 spiro atoms. The van der Waals surface area contributed by atoms with Crippen molar-refractivity contribution >= 4 is 29.2 Å². The molecular formula is C15H19N3O3S. The second-order valence-electron chi connectivity index (χ2n) is 5.08. The molecule has 2 N–H and O–H groups in total. The number of carboxylic acid groups (broad SMARTS) is 1. The maximum atomic E-state index is 12.5. The molecule has 118 valence electrons. The number of pyridine rings is 1. The van der Waals surface area contributed by atoms with Crippen LogP contribution >= 0.6 is 11.8 Å². The van der Waals surface area contributed by atoms with Gasteiger partial charge in [-0.05, 0) is 24.3 Å². The fraction of sp³-hybridized carbons (Fsp3) is 0.400. The highest BCUT2D eigenvalue weighted by Crippen LogP contribution is 2.20. The van der Waals surface area contributed by atoms with E-state index in [0.29, 0.717) is 17.1 Å². The Morgan fingerprint density at radius 1 is 1.45 bits per heavy atom. The number of amides is 1. The average Bonchev–Trinajstić information content (AvgIpc) is 2.90. The molecule has 2 aromatic heterocycles. The van der Waals surface area contributed by atoms with Gasteiger partial charge in [0.2, 0.25) is 0 Å². The molecule has 0 aliphatic rings. The van der Waals surface area contributed by atoms with Gasteiger partial charge in [-0.15, -0.1) is 0 Å². The van der Waals surface area contributed by atoms with E-state index in [-0.39, 0.29) is 11.6 Å². The van der Waals surface area contributed by atoms with E-state index in [1.54, 1.807) is 13.0 Å². The van der Waals surface area contributed by atoms with Crippen LogP contribution in [0.3, 0.4) is 0 Å². The van der Waals surface area contributed by atoms with Gasteiger partial charge < -0.3 is 10.4 Å². The van der Waals surface area contributed by atoms with Crippen molar-refractivity contribution in [1.82, 2.24) is 14.7 Å². The molecule has 0 aliphatic heterocycles. The number of aromatic nitrogens is 2. The summed E-state index contributed by atoms with van der Waals surface area (Å²) >= 11 is 1.43. The summed E-state index contributed by atoms with van der Waals surface area (Å²) in [5.41, 5.74) is 0.914. The molecule has 22 heavy (non-hydrogen) atoms. The summed E-state index contributed by atoms with van der Waals surface area (Å²) in [4.78, 5) is 28.1. The summed E-state index contributed by atoms with van der Waals surface area (Å²) in [5.74, 6) is -1.65. The molecule has 2 unspecified atom stereocenters. The molecule has 0 fully saturated rings. The number of imidazole rings is 1. The van der Waals surface area contributed by atoms with E-state index in [0.717, 1.165) is 0 Å². The summed E-state index contributed by atoms with van der Waals surface area (Å²) in [7, 11) is 0. The molecule has 2 aromatic rings. The summed E-state index contributed by atoms with van der Waals surface area (Å²) < 4.78 is 1.82. The standard InChI is InChI=1S/C15H19N3O3S/c1-4-9(2)11(14(20)21)16-13(19)12-10-7-5-6-8-18(10)15(17-12)22-3/h5-9,11H,4H2,1-3H3,(H,16,19)(H,20,21). The number of aliphatic carboxylic acids is 1. The SMILES string of the molecule is CCC(C)C(NC(=O)c1nc(SC)n2ccccc12)C(=O)O. The van der Waals surface area contributed by atoms with Crippen LogP contribution < -0.4 is 5.32 Å². The predicted octanol–water partition coefficient (Wildman–Crippen LogP) is 2.29. The molecule has 7 heteroatoms. The van der Waals surface area contributed by atoms with Crippen LogP contribution in [0.25, 0.3) is 5.52 Å². The average molecular weight is 321 g/mol. The molecule has 0 saturated heterocycles. The molecule has 1 amide bonds. The van der Waals surface area contributed by atoms with Crippen LogP contribution in [-0.2, 0) is 4.79 Å². The van der Waals surface area contributed by atoms with Crippen LogP contribution in [0.2, 0.25) is 0 Å². The number of rotatable bonds is 6. The minimum atomic E-state index is -1.03. The van der Waals surface area contributed by atoms with Crippen molar-refractivity contribution in [3.63, 3.8) is 0 Å². The van der Waals surface area contributed by atoms with E-state index in [4.69, 9.17) is 0 Å². The highest BCUT2D eigenvalue weighted by Gasteiger charge is 2.27. The molecule has 6 nitrogen and oxygen atoms in total. The van der Waals surface area contributed by atoms with E-state index in [9.17, 15) is 14.7 Å². The van der Waals surface area contributed by atoms with Gasteiger partial charge in [0, 0.05) is 6.20 Å². The quantitative estimate of drug-likeness (QED) is 0.798. The molecule has 2 rings (SSSR count). The van der Waals surface area contributed by atoms with E-state index in [2.05, 4.69) is 10.3 Å². The monoisotopic (exact) mass is 321 g/mol. The van der Waals surface area contributed by atoms with Crippen LogP contribution in [-0.4, -0.2) is 38.7 Å². The molecule has 0 aromatic carbocycles. The van der Waals surface area contributed by atoms with Gasteiger partial charge in [-0.25, -0.2) is 9.78 Å². The Morgan fingerprint density at radius 2 is 2.18 bits per heavy atom. The van der Waals surface area contributed by atoms with Crippen molar-refractivity contribution in [3.8, 4) is 0 Å². The highest BCUT2D eigenvalue weighted by atomic mass is 32.2. The molecule has 0 aliphatic carbocycles. The number of nitrogens with one attached hydrogen (secondary N) is 1. The highest BCUT2D eigenvalue weighted by molar-refractivity contribution is 7.98. The third kappa shape index (κ3) is 3.09. The number of hydrogen-bond donors (Lipinski definition) is 2. The van der Waals surface area contributed by atoms with Crippen molar-refractivity contribution < 1.29 is 14.7 Å². The van der Waals surface area contributed by atoms with Crippen LogP contribution in [0.5, 0.6) is 0 Å². The normalized spacial score (nSPS) is 13.8. The summed E-state index contributed by atoms with van der Waals surface area (Å²) in [6.45, 7) is 3.70. The lowest BCUT2D eigenvalue weighted by Crippen LogP contribution is -2.45. The van der Waals surface area contributed by atoms with Crippen LogP contribution in [0, 0.1) is 5.92 Å². The van der Waals surface area contributed by atoms with Crippen molar-refractivity contribution in [2.75, 3.05) is 6.26 Å². The number of carbonyl (C=O) groups excluding carboxylic acids is 1. The Balaban J connectivity index is 2.35. The zero-order valence-electron chi connectivity index (χ0n) is 12.7. The Bertz CT molecular complexity index is 698. The topological polar surface area (TPSA) is 83.7 Å². The Morgan fingerprint density at radius 3 is 2.77 bits per heavy atom. The summed E-state index contributed by atoms with van der Waals surface area (Å²) in [5, 5.41) is 12.6. The van der Waals surface area contributed by atoms with Gasteiger partial charge in [0.1, 0.15) is 6.04 Å². The largest absolute Gasteiger partial charge is 0.480 e. The number of carbonyl (C=O) groups is 2. The molecule has 2 heterocycles. The van der Waals surface area contributed by atoms with E-state index >= 15 is 0 Å². The first kappa shape index (κ1) is 16.4. The first-order chi connectivity index (χ1) is 10.5. The summed E-state index contributed by atoms with van der Waals surface area (Å²) in [6, 6.07) is 4.55. The van der Waals surface area contributed by atoms with Crippen molar-refractivity contribution in [2.45, 2.75) is 31.5 Å². The number of hydrogen-bond acceptors (Lipinski definition) is 4. The van der Waals surface area contributed by atoms with Crippen LogP contribution in [0.15, 0.2) is 29.6 Å². The van der Waals surface area contributed by atoms with Gasteiger partial charge in [-0.2, -0.15) is 0 Å². The first-order valence-electron chi connectivity index (χ1n) is 7.04. The second kappa shape index (κ2) is 6.83. The van der Waals surface area contributed by atoms with Crippen molar-refractivity contribution in [1.29, 1.82) is 0 Å². The van der Waals surface area contributed by atoms with E-state index in [1.165, 1.54) is 11.8 Å². The Labute approximate surface area is 132 Å². The zero-order chi connectivity index (χ0) is 16.3. The molecular weight excluding hydrogens is 302 g/mol. The molecule has 2 atom stereocenters. The van der Waals surface area contributed by atoms with Crippen molar-refractivity contribution in [3.05, 3.63) is 30.1 Å². The van der Waals surface area contributed by atoms with Crippen LogP contribution in [0.4, 0.5) is 0 Å². The van der Waals surface area contributed by atoms with Gasteiger partial charge in [-0.3, -0.25) is 9.20 Å².